The van der Waals surface area contributed by atoms with Gasteiger partial charge in [0.15, 0.2) is 0 Å². The van der Waals surface area contributed by atoms with Crippen molar-refractivity contribution in [1.82, 2.24) is 5.32 Å². The van der Waals surface area contributed by atoms with Gasteiger partial charge in [-0.3, -0.25) is 4.79 Å². The minimum Gasteiger partial charge on any atom is -0.381 e. The lowest BCUT2D eigenvalue weighted by Gasteiger charge is -2.26. The van der Waals surface area contributed by atoms with Crippen molar-refractivity contribution in [3.05, 3.63) is 20.8 Å². The second-order valence-electron chi connectivity index (χ2n) is 4.42. The number of ether oxygens (including phenoxy) is 1. The molecule has 0 bridgehead atoms. The van der Waals surface area contributed by atoms with Crippen molar-refractivity contribution in [2.45, 2.75) is 25.4 Å². The number of thiophene rings is 1. The molecule has 1 amide bonds. The Labute approximate surface area is 119 Å². The van der Waals surface area contributed by atoms with Crippen LogP contribution in [0.1, 0.15) is 17.7 Å². The van der Waals surface area contributed by atoms with Crippen LogP contribution in [0.2, 0.25) is 0 Å². The van der Waals surface area contributed by atoms with E-state index in [4.69, 9.17) is 10.5 Å². The zero-order valence-electron chi connectivity index (χ0n) is 10.0. The van der Waals surface area contributed by atoms with Gasteiger partial charge in [0, 0.05) is 27.9 Å². The smallest absolute Gasteiger partial charge is 0.237 e. The quantitative estimate of drug-likeness (QED) is 0.884. The molecule has 100 valence electrons. The Morgan fingerprint density at radius 1 is 1.61 bits per heavy atom. The minimum atomic E-state index is -0.419. The molecule has 2 heterocycles. The van der Waals surface area contributed by atoms with E-state index in [1.54, 1.807) is 11.3 Å². The number of carbonyl (C=O) groups is 1. The number of hydrogen-bond donors (Lipinski definition) is 2. The highest BCUT2D eigenvalue weighted by Crippen LogP contribution is 2.20. The van der Waals surface area contributed by atoms with Crippen LogP contribution in [0.4, 0.5) is 0 Å². The third kappa shape index (κ3) is 3.78. The Bertz CT molecular complexity index is 405. The fourth-order valence-electron chi connectivity index (χ4n) is 2.03. The van der Waals surface area contributed by atoms with E-state index in [0.717, 1.165) is 22.2 Å². The highest BCUT2D eigenvalue weighted by atomic mass is 79.9. The monoisotopic (exact) mass is 332 g/mol. The topological polar surface area (TPSA) is 64.4 Å². The molecule has 1 aliphatic heterocycles. The van der Waals surface area contributed by atoms with Gasteiger partial charge in [0.2, 0.25) is 5.91 Å². The van der Waals surface area contributed by atoms with Crippen LogP contribution in [0.15, 0.2) is 15.9 Å². The van der Waals surface area contributed by atoms with Gasteiger partial charge in [-0.2, -0.15) is 0 Å². The van der Waals surface area contributed by atoms with Crippen molar-refractivity contribution in [2.24, 2.45) is 11.7 Å². The standard InChI is InChI=1S/C12H17BrN2O2S/c13-9-5-10(18-7-9)6-15-12(16)11(14)8-1-3-17-4-2-8/h5,7-8,11H,1-4,6,14H2,(H,15,16). The molecule has 1 aromatic rings. The van der Waals surface area contributed by atoms with Crippen molar-refractivity contribution in [3.63, 3.8) is 0 Å². The summed E-state index contributed by atoms with van der Waals surface area (Å²) in [7, 11) is 0. The molecular weight excluding hydrogens is 316 g/mol. The van der Waals surface area contributed by atoms with E-state index in [-0.39, 0.29) is 11.8 Å². The van der Waals surface area contributed by atoms with E-state index in [2.05, 4.69) is 21.2 Å². The van der Waals surface area contributed by atoms with Gasteiger partial charge in [-0.05, 0) is 40.8 Å². The summed E-state index contributed by atoms with van der Waals surface area (Å²) < 4.78 is 6.32. The molecule has 1 aromatic heterocycles. The third-order valence-corrected chi connectivity index (χ3v) is 4.83. The zero-order chi connectivity index (χ0) is 13.0. The van der Waals surface area contributed by atoms with E-state index in [9.17, 15) is 4.79 Å². The lowest BCUT2D eigenvalue weighted by atomic mass is 9.92. The average Bonchev–Trinajstić information content (AvgIpc) is 2.82. The molecule has 0 aliphatic carbocycles. The summed E-state index contributed by atoms with van der Waals surface area (Å²) in [6.07, 6.45) is 1.75. The summed E-state index contributed by atoms with van der Waals surface area (Å²) in [6, 6.07) is 1.59. The maximum atomic E-state index is 11.9. The van der Waals surface area contributed by atoms with E-state index < -0.39 is 6.04 Å². The normalized spacial score (nSPS) is 18.6. The number of amides is 1. The highest BCUT2D eigenvalue weighted by Gasteiger charge is 2.26. The molecule has 2 rings (SSSR count). The second kappa shape index (κ2) is 6.65. The first-order valence-electron chi connectivity index (χ1n) is 6.01. The first-order valence-corrected chi connectivity index (χ1v) is 7.68. The van der Waals surface area contributed by atoms with E-state index >= 15 is 0 Å². The maximum Gasteiger partial charge on any atom is 0.237 e. The van der Waals surface area contributed by atoms with Gasteiger partial charge >= 0.3 is 0 Å². The fraction of sp³-hybridized carbons (Fsp3) is 0.583. The molecule has 1 aliphatic rings. The summed E-state index contributed by atoms with van der Waals surface area (Å²) in [5.74, 6) is 0.181. The van der Waals surface area contributed by atoms with Gasteiger partial charge in [0.25, 0.3) is 0 Å². The summed E-state index contributed by atoms with van der Waals surface area (Å²) in [5, 5.41) is 4.89. The highest BCUT2D eigenvalue weighted by molar-refractivity contribution is 9.10. The third-order valence-electron chi connectivity index (χ3n) is 3.14. The molecule has 1 saturated heterocycles. The predicted molar refractivity (Wildman–Crippen MR) is 75.4 cm³/mol. The Morgan fingerprint density at radius 2 is 2.33 bits per heavy atom. The molecule has 1 unspecified atom stereocenters. The van der Waals surface area contributed by atoms with Crippen molar-refractivity contribution in [3.8, 4) is 0 Å². The Hall–Kier alpha value is -0.430. The first-order chi connectivity index (χ1) is 8.66. The van der Waals surface area contributed by atoms with Gasteiger partial charge in [0.05, 0.1) is 12.6 Å². The molecule has 0 saturated carbocycles. The summed E-state index contributed by atoms with van der Waals surface area (Å²) in [5.41, 5.74) is 5.99. The van der Waals surface area contributed by atoms with Crippen LogP contribution < -0.4 is 11.1 Å². The van der Waals surface area contributed by atoms with Crippen LogP contribution in [-0.2, 0) is 16.1 Å². The van der Waals surface area contributed by atoms with Crippen LogP contribution in [0.5, 0.6) is 0 Å². The van der Waals surface area contributed by atoms with Gasteiger partial charge in [-0.25, -0.2) is 0 Å². The van der Waals surface area contributed by atoms with Crippen LogP contribution in [0, 0.1) is 5.92 Å². The van der Waals surface area contributed by atoms with E-state index in [1.165, 1.54) is 0 Å². The zero-order valence-corrected chi connectivity index (χ0v) is 12.4. The van der Waals surface area contributed by atoms with Crippen molar-refractivity contribution >= 4 is 33.2 Å². The number of carbonyl (C=O) groups excluding carboxylic acids is 1. The number of nitrogens with one attached hydrogen (secondary N) is 1. The molecule has 0 radical (unpaired) electrons. The molecule has 0 aromatic carbocycles. The SMILES string of the molecule is NC(C(=O)NCc1cc(Br)cs1)C1CCOCC1. The molecule has 6 heteroatoms. The predicted octanol–water partition coefficient (Wildman–Crippen LogP) is 1.88. The maximum absolute atomic E-state index is 11.9. The lowest BCUT2D eigenvalue weighted by Crippen LogP contribution is -2.46. The number of rotatable bonds is 4. The van der Waals surface area contributed by atoms with Crippen molar-refractivity contribution < 1.29 is 9.53 Å². The van der Waals surface area contributed by atoms with Crippen molar-refractivity contribution in [1.29, 1.82) is 0 Å². The fourth-order valence-corrected chi connectivity index (χ4v) is 3.42. The Kier molecular flexibility index (Phi) is 5.17. The van der Waals surface area contributed by atoms with Crippen LogP contribution in [-0.4, -0.2) is 25.2 Å². The van der Waals surface area contributed by atoms with E-state index in [1.807, 2.05) is 11.4 Å². The molecule has 4 nitrogen and oxygen atoms in total. The summed E-state index contributed by atoms with van der Waals surface area (Å²) in [6.45, 7) is 1.97. The molecule has 3 N–H and O–H groups in total. The van der Waals surface area contributed by atoms with E-state index in [0.29, 0.717) is 19.8 Å². The Morgan fingerprint density at radius 3 is 2.94 bits per heavy atom. The van der Waals surface area contributed by atoms with Crippen LogP contribution in [0.3, 0.4) is 0 Å². The van der Waals surface area contributed by atoms with Gasteiger partial charge in [-0.15, -0.1) is 11.3 Å². The number of nitrogens with two attached hydrogens (primary N) is 1. The minimum absolute atomic E-state index is 0.0635. The first kappa shape index (κ1) is 14.0. The summed E-state index contributed by atoms with van der Waals surface area (Å²) in [4.78, 5) is 13.1. The van der Waals surface area contributed by atoms with Crippen LogP contribution >= 0.6 is 27.3 Å². The molecule has 18 heavy (non-hydrogen) atoms. The second-order valence-corrected chi connectivity index (χ2v) is 6.34. The molecular formula is C12H17BrN2O2S. The van der Waals surface area contributed by atoms with Crippen molar-refractivity contribution in [2.75, 3.05) is 13.2 Å². The number of halogens is 1. The largest absolute Gasteiger partial charge is 0.381 e. The molecule has 0 spiro atoms. The lowest BCUT2D eigenvalue weighted by molar-refractivity contribution is -0.124. The molecule has 1 atom stereocenters. The summed E-state index contributed by atoms with van der Waals surface area (Å²) >= 11 is 5.01. The van der Waals surface area contributed by atoms with Gasteiger partial charge < -0.3 is 15.8 Å². The average molecular weight is 333 g/mol. The number of hydrogen-bond acceptors (Lipinski definition) is 4. The van der Waals surface area contributed by atoms with Crippen LogP contribution in [0.25, 0.3) is 0 Å². The van der Waals surface area contributed by atoms with Gasteiger partial charge in [-0.1, -0.05) is 0 Å². The molecule has 1 fully saturated rings. The van der Waals surface area contributed by atoms with Gasteiger partial charge in [0.1, 0.15) is 0 Å². The Balaban J connectivity index is 1.79.